The van der Waals surface area contributed by atoms with E-state index >= 15 is 0 Å². The van der Waals surface area contributed by atoms with E-state index < -0.39 is 0 Å². The molecule has 0 fully saturated rings. The molecule has 0 atom stereocenters. The average molecular weight is 290 g/mol. The second kappa shape index (κ2) is 4.71. The lowest BCUT2D eigenvalue weighted by Gasteiger charge is -2.03. The number of rotatable bonds is 3. The molecule has 96 valence electrons. The fraction of sp³-hybridized carbons (Fsp3) is 0.154. The number of ketones is 1. The first-order valence-electron chi connectivity index (χ1n) is 5.67. The van der Waals surface area contributed by atoms with E-state index in [1.54, 1.807) is 6.07 Å². The van der Waals surface area contributed by atoms with Crippen molar-refractivity contribution in [3.63, 3.8) is 0 Å². The second-order valence-electron chi connectivity index (χ2n) is 4.17. The Balaban J connectivity index is 2.00. The normalized spacial score (nSPS) is 11.0. The van der Waals surface area contributed by atoms with Gasteiger partial charge in [-0.3, -0.25) is 14.2 Å². The van der Waals surface area contributed by atoms with E-state index in [2.05, 4.69) is 4.98 Å². The Morgan fingerprint density at radius 2 is 2.26 bits per heavy atom. The van der Waals surface area contributed by atoms with Crippen molar-refractivity contribution in [1.82, 2.24) is 9.55 Å². The fourth-order valence-electron chi connectivity index (χ4n) is 1.84. The van der Waals surface area contributed by atoms with Gasteiger partial charge in [-0.15, -0.1) is 22.7 Å². The number of carbonyl (C=O) groups excluding carboxylic acids is 1. The van der Waals surface area contributed by atoms with Crippen LogP contribution < -0.4 is 5.56 Å². The molecule has 6 heteroatoms. The van der Waals surface area contributed by atoms with Crippen molar-refractivity contribution >= 4 is 38.7 Å². The molecule has 3 aromatic heterocycles. The van der Waals surface area contributed by atoms with Crippen molar-refractivity contribution in [3.05, 3.63) is 50.0 Å². The van der Waals surface area contributed by atoms with E-state index in [1.165, 1.54) is 33.6 Å². The highest BCUT2D eigenvalue weighted by molar-refractivity contribution is 7.17. The number of hydrogen-bond acceptors (Lipinski definition) is 5. The van der Waals surface area contributed by atoms with Crippen LogP contribution in [0.2, 0.25) is 0 Å². The third-order valence-corrected chi connectivity index (χ3v) is 4.82. The molecule has 0 unspecified atom stereocenters. The van der Waals surface area contributed by atoms with Gasteiger partial charge >= 0.3 is 0 Å². The zero-order valence-electron chi connectivity index (χ0n) is 10.1. The maximum Gasteiger partial charge on any atom is 0.271 e. The van der Waals surface area contributed by atoms with Crippen molar-refractivity contribution in [3.8, 4) is 0 Å². The fourth-order valence-corrected chi connectivity index (χ4v) is 3.45. The highest BCUT2D eigenvalue weighted by atomic mass is 32.1. The van der Waals surface area contributed by atoms with Gasteiger partial charge in [0.15, 0.2) is 5.78 Å². The van der Waals surface area contributed by atoms with Gasteiger partial charge in [0.25, 0.3) is 5.56 Å². The van der Waals surface area contributed by atoms with Crippen LogP contribution in [-0.2, 0) is 6.54 Å². The SMILES string of the molecule is Cc1csc2c(=O)n(CC(=O)c3cccs3)cnc12. The van der Waals surface area contributed by atoms with Gasteiger partial charge in [0, 0.05) is 0 Å². The van der Waals surface area contributed by atoms with E-state index in [4.69, 9.17) is 0 Å². The summed E-state index contributed by atoms with van der Waals surface area (Å²) in [5.41, 5.74) is 1.58. The summed E-state index contributed by atoms with van der Waals surface area (Å²) in [6.45, 7) is 1.96. The molecule has 0 aliphatic carbocycles. The molecule has 0 N–H and O–H groups in total. The van der Waals surface area contributed by atoms with Gasteiger partial charge in [-0.05, 0) is 29.3 Å². The van der Waals surface area contributed by atoms with Crippen molar-refractivity contribution in [2.75, 3.05) is 0 Å². The van der Waals surface area contributed by atoms with Crippen LogP contribution in [0.1, 0.15) is 15.2 Å². The van der Waals surface area contributed by atoms with Crippen molar-refractivity contribution in [2.24, 2.45) is 0 Å². The van der Waals surface area contributed by atoms with Crippen LogP contribution >= 0.6 is 22.7 Å². The number of Topliss-reactive ketones (excluding diaryl/α,β-unsaturated/α-hetero) is 1. The maximum absolute atomic E-state index is 12.2. The Labute approximate surface area is 117 Å². The molecule has 0 saturated carbocycles. The summed E-state index contributed by atoms with van der Waals surface area (Å²) >= 11 is 2.76. The van der Waals surface area contributed by atoms with Gasteiger partial charge in [-0.1, -0.05) is 6.07 Å². The van der Waals surface area contributed by atoms with Gasteiger partial charge in [0.1, 0.15) is 4.70 Å². The number of aromatic nitrogens is 2. The summed E-state index contributed by atoms with van der Waals surface area (Å²) in [5, 5.41) is 3.75. The molecule has 0 bridgehead atoms. The molecule has 3 heterocycles. The summed E-state index contributed by atoms with van der Waals surface area (Å²) in [7, 11) is 0. The molecule has 3 aromatic rings. The van der Waals surface area contributed by atoms with E-state index in [0.717, 1.165) is 11.1 Å². The largest absolute Gasteiger partial charge is 0.291 e. The van der Waals surface area contributed by atoms with Crippen molar-refractivity contribution in [1.29, 1.82) is 0 Å². The molecule has 0 saturated heterocycles. The molecule has 0 aliphatic rings. The van der Waals surface area contributed by atoms with E-state index in [0.29, 0.717) is 9.58 Å². The first kappa shape index (κ1) is 12.3. The molecule has 3 rings (SSSR count). The minimum absolute atomic E-state index is 0.0409. The maximum atomic E-state index is 12.2. The molecule has 0 aliphatic heterocycles. The highest BCUT2D eigenvalue weighted by Gasteiger charge is 2.12. The van der Waals surface area contributed by atoms with Crippen LogP contribution in [0, 0.1) is 6.92 Å². The number of nitrogens with zero attached hydrogens (tertiary/aromatic N) is 2. The Kier molecular flexibility index (Phi) is 3.04. The summed E-state index contributed by atoms with van der Waals surface area (Å²) < 4.78 is 1.99. The third kappa shape index (κ3) is 2.13. The van der Waals surface area contributed by atoms with Crippen LogP contribution in [-0.4, -0.2) is 15.3 Å². The van der Waals surface area contributed by atoms with E-state index in [-0.39, 0.29) is 17.9 Å². The van der Waals surface area contributed by atoms with Gasteiger partial charge in [0.05, 0.1) is 23.3 Å². The van der Waals surface area contributed by atoms with Crippen LogP contribution in [0.4, 0.5) is 0 Å². The minimum Gasteiger partial charge on any atom is -0.291 e. The lowest BCUT2D eigenvalue weighted by Crippen LogP contribution is -2.23. The zero-order chi connectivity index (χ0) is 13.4. The van der Waals surface area contributed by atoms with Crippen LogP contribution in [0.25, 0.3) is 10.2 Å². The molecule has 0 radical (unpaired) electrons. The predicted octanol–water partition coefficient (Wildman–Crippen LogP) is 2.71. The number of thiophene rings is 2. The molecular weight excluding hydrogens is 280 g/mol. The molecule has 4 nitrogen and oxygen atoms in total. The monoisotopic (exact) mass is 290 g/mol. The van der Waals surface area contributed by atoms with Gasteiger partial charge in [-0.25, -0.2) is 4.98 Å². The van der Waals surface area contributed by atoms with Gasteiger partial charge in [0.2, 0.25) is 0 Å². The summed E-state index contributed by atoms with van der Waals surface area (Å²) in [6.07, 6.45) is 1.45. The minimum atomic E-state index is -0.145. The smallest absolute Gasteiger partial charge is 0.271 e. The Hall–Kier alpha value is -1.79. The third-order valence-electron chi connectivity index (χ3n) is 2.83. The quantitative estimate of drug-likeness (QED) is 0.697. The topological polar surface area (TPSA) is 52.0 Å². The summed E-state index contributed by atoms with van der Waals surface area (Å²) in [6, 6.07) is 3.59. The van der Waals surface area contributed by atoms with E-state index in [9.17, 15) is 9.59 Å². The van der Waals surface area contributed by atoms with Gasteiger partial charge < -0.3 is 0 Å². The van der Waals surface area contributed by atoms with Crippen LogP contribution in [0.15, 0.2) is 34.0 Å². The molecular formula is C13H10N2O2S2. The summed E-state index contributed by atoms with van der Waals surface area (Å²) in [4.78, 5) is 29.1. The number of aryl methyl sites for hydroxylation is 1. The first-order valence-corrected chi connectivity index (χ1v) is 7.42. The van der Waals surface area contributed by atoms with E-state index in [1.807, 2.05) is 23.8 Å². The molecule has 0 aromatic carbocycles. The average Bonchev–Trinajstić information content (AvgIpc) is 3.03. The lowest BCUT2D eigenvalue weighted by molar-refractivity contribution is 0.0974. The van der Waals surface area contributed by atoms with Crippen molar-refractivity contribution < 1.29 is 4.79 Å². The number of carbonyl (C=O) groups is 1. The molecule has 0 spiro atoms. The first-order chi connectivity index (χ1) is 9.16. The Morgan fingerprint density at radius 1 is 1.42 bits per heavy atom. The predicted molar refractivity (Wildman–Crippen MR) is 77.3 cm³/mol. The number of hydrogen-bond donors (Lipinski definition) is 0. The Morgan fingerprint density at radius 3 is 3.00 bits per heavy atom. The Bertz CT molecular complexity index is 800. The zero-order valence-corrected chi connectivity index (χ0v) is 11.8. The molecule has 19 heavy (non-hydrogen) atoms. The lowest BCUT2D eigenvalue weighted by atomic mass is 10.3. The highest BCUT2D eigenvalue weighted by Crippen LogP contribution is 2.19. The summed E-state index contributed by atoms with van der Waals surface area (Å²) in [5.74, 6) is -0.0634. The van der Waals surface area contributed by atoms with Gasteiger partial charge in [-0.2, -0.15) is 0 Å². The van der Waals surface area contributed by atoms with Crippen LogP contribution in [0.3, 0.4) is 0 Å². The second-order valence-corrected chi connectivity index (χ2v) is 6.00. The standard InChI is InChI=1S/C13H10N2O2S2/c1-8-6-19-12-11(8)14-7-15(13(12)17)5-9(16)10-3-2-4-18-10/h2-4,6-7H,5H2,1H3. The van der Waals surface area contributed by atoms with Crippen LogP contribution in [0.5, 0.6) is 0 Å². The molecule has 0 amide bonds. The number of fused-ring (bicyclic) bond motifs is 1. The van der Waals surface area contributed by atoms with Crippen molar-refractivity contribution in [2.45, 2.75) is 13.5 Å².